The van der Waals surface area contributed by atoms with E-state index in [0.29, 0.717) is 19.8 Å². The number of furan rings is 1. The van der Waals surface area contributed by atoms with Gasteiger partial charge in [-0.05, 0) is 41.5 Å². The molecule has 0 aliphatic rings. The lowest BCUT2D eigenvalue weighted by atomic mass is 10.2. The number of ether oxygens (including phenoxy) is 1. The van der Waals surface area contributed by atoms with Crippen LogP contribution in [0, 0.1) is 0 Å². The van der Waals surface area contributed by atoms with Crippen LogP contribution in [0.25, 0.3) is 0 Å². The maximum atomic E-state index is 12.5. The summed E-state index contributed by atoms with van der Waals surface area (Å²) in [5, 5.41) is 2.92. The lowest BCUT2D eigenvalue weighted by molar-refractivity contribution is 0.0930. The fourth-order valence-corrected chi connectivity index (χ4v) is 2.99. The number of halogens is 1. The minimum atomic E-state index is -0.167. The van der Waals surface area contributed by atoms with E-state index in [9.17, 15) is 4.79 Å². The fourth-order valence-electron chi connectivity index (χ4n) is 2.58. The van der Waals surface area contributed by atoms with Gasteiger partial charge in [-0.3, -0.25) is 0 Å². The third-order valence-electron chi connectivity index (χ3n) is 3.98. The summed E-state index contributed by atoms with van der Waals surface area (Å²) in [4.78, 5) is 14.1. The van der Waals surface area contributed by atoms with Gasteiger partial charge in [0.15, 0.2) is 0 Å². The number of carbonyl (C=O) groups excluding carboxylic acids is 1. The van der Waals surface area contributed by atoms with Crippen molar-refractivity contribution in [3.63, 3.8) is 0 Å². The molecule has 0 fully saturated rings. The Labute approximate surface area is 167 Å². The van der Waals surface area contributed by atoms with Crippen LogP contribution < -0.4 is 5.32 Å². The van der Waals surface area contributed by atoms with E-state index >= 15 is 0 Å². The molecular formula is C21H21BrN2O3. The summed E-state index contributed by atoms with van der Waals surface area (Å²) in [6.07, 6.45) is 1.62. The van der Waals surface area contributed by atoms with Gasteiger partial charge in [0.2, 0.25) is 0 Å². The fraction of sp³-hybridized carbons (Fsp3) is 0.190. The molecule has 0 aliphatic heterocycles. The molecule has 0 bridgehead atoms. The molecule has 2 aromatic carbocycles. The van der Waals surface area contributed by atoms with Crippen molar-refractivity contribution < 1.29 is 13.9 Å². The van der Waals surface area contributed by atoms with Gasteiger partial charge in [0, 0.05) is 23.8 Å². The van der Waals surface area contributed by atoms with Gasteiger partial charge >= 0.3 is 6.03 Å². The zero-order chi connectivity index (χ0) is 19.1. The van der Waals surface area contributed by atoms with E-state index in [0.717, 1.165) is 27.0 Å². The van der Waals surface area contributed by atoms with E-state index in [4.69, 9.17) is 9.15 Å². The van der Waals surface area contributed by atoms with E-state index in [-0.39, 0.29) is 6.03 Å². The van der Waals surface area contributed by atoms with Gasteiger partial charge in [-0.1, -0.05) is 46.3 Å². The second kappa shape index (κ2) is 9.39. The summed E-state index contributed by atoms with van der Waals surface area (Å²) < 4.78 is 11.9. The molecule has 5 nitrogen and oxygen atoms in total. The Morgan fingerprint density at radius 3 is 2.74 bits per heavy atom. The first kappa shape index (κ1) is 19.2. The topological polar surface area (TPSA) is 54.7 Å². The third-order valence-corrected chi connectivity index (χ3v) is 4.76. The number of hydrogen-bond acceptors (Lipinski definition) is 3. The number of hydrogen-bond donors (Lipinski definition) is 1. The van der Waals surface area contributed by atoms with E-state index in [1.54, 1.807) is 18.2 Å². The molecule has 2 amide bonds. The standard InChI is InChI=1S/C21H21BrN2O3/c1-24(13-17-7-2-3-10-20(17)22)21(25)23-18-8-4-6-16(12-18)14-26-15-19-9-5-11-27-19/h2-12H,13-15H2,1H3,(H,23,25). The average molecular weight is 429 g/mol. The van der Waals surface area contributed by atoms with E-state index < -0.39 is 0 Å². The Balaban J connectivity index is 1.53. The van der Waals surface area contributed by atoms with Crippen molar-refractivity contribution in [2.24, 2.45) is 0 Å². The zero-order valence-corrected chi connectivity index (χ0v) is 16.6. The van der Waals surface area contributed by atoms with Crippen LogP contribution in [-0.4, -0.2) is 18.0 Å². The normalized spacial score (nSPS) is 10.6. The molecule has 1 N–H and O–H groups in total. The molecular weight excluding hydrogens is 408 g/mol. The summed E-state index contributed by atoms with van der Waals surface area (Å²) in [5.41, 5.74) is 2.76. The van der Waals surface area contributed by atoms with Crippen molar-refractivity contribution in [1.82, 2.24) is 4.90 Å². The molecule has 0 saturated heterocycles. The summed E-state index contributed by atoms with van der Waals surface area (Å²) in [5.74, 6) is 0.785. The number of amides is 2. The maximum absolute atomic E-state index is 12.5. The Bertz CT molecular complexity index is 881. The molecule has 0 saturated carbocycles. The van der Waals surface area contributed by atoms with Gasteiger partial charge in [-0.25, -0.2) is 4.79 Å². The molecule has 27 heavy (non-hydrogen) atoms. The molecule has 6 heteroatoms. The highest BCUT2D eigenvalue weighted by atomic mass is 79.9. The number of carbonyl (C=O) groups is 1. The molecule has 0 aliphatic carbocycles. The molecule has 1 aromatic heterocycles. The average Bonchev–Trinajstić information content (AvgIpc) is 3.17. The predicted molar refractivity (Wildman–Crippen MR) is 108 cm³/mol. The van der Waals surface area contributed by atoms with Gasteiger partial charge in [0.25, 0.3) is 0 Å². The van der Waals surface area contributed by atoms with Crippen molar-refractivity contribution in [2.45, 2.75) is 19.8 Å². The van der Waals surface area contributed by atoms with Gasteiger partial charge in [-0.2, -0.15) is 0 Å². The summed E-state index contributed by atoms with van der Waals surface area (Å²) in [6, 6.07) is 19.0. The van der Waals surface area contributed by atoms with Crippen LogP contribution in [0.5, 0.6) is 0 Å². The van der Waals surface area contributed by atoms with Crippen molar-refractivity contribution in [2.75, 3.05) is 12.4 Å². The molecule has 140 valence electrons. The molecule has 0 radical (unpaired) electrons. The lowest BCUT2D eigenvalue weighted by Crippen LogP contribution is -2.31. The Morgan fingerprint density at radius 2 is 1.96 bits per heavy atom. The third kappa shape index (κ3) is 5.70. The van der Waals surface area contributed by atoms with Crippen LogP contribution in [0.1, 0.15) is 16.9 Å². The quantitative estimate of drug-likeness (QED) is 0.546. The summed E-state index contributed by atoms with van der Waals surface area (Å²) >= 11 is 3.51. The monoisotopic (exact) mass is 428 g/mol. The first-order valence-electron chi connectivity index (χ1n) is 8.56. The van der Waals surface area contributed by atoms with Crippen molar-refractivity contribution >= 4 is 27.6 Å². The van der Waals surface area contributed by atoms with Crippen LogP contribution in [0.4, 0.5) is 10.5 Å². The van der Waals surface area contributed by atoms with Crippen molar-refractivity contribution in [1.29, 1.82) is 0 Å². The highest BCUT2D eigenvalue weighted by molar-refractivity contribution is 9.10. The summed E-state index contributed by atoms with van der Waals surface area (Å²) in [7, 11) is 1.77. The van der Waals surface area contributed by atoms with Crippen LogP contribution in [0.2, 0.25) is 0 Å². The van der Waals surface area contributed by atoms with Gasteiger partial charge < -0.3 is 19.4 Å². The largest absolute Gasteiger partial charge is 0.467 e. The molecule has 3 rings (SSSR count). The van der Waals surface area contributed by atoms with E-state index in [2.05, 4.69) is 21.2 Å². The number of nitrogens with zero attached hydrogens (tertiary/aromatic N) is 1. The SMILES string of the molecule is CN(Cc1ccccc1Br)C(=O)Nc1cccc(COCc2ccco2)c1. The number of urea groups is 1. The smallest absolute Gasteiger partial charge is 0.321 e. The van der Waals surface area contributed by atoms with Crippen molar-refractivity contribution in [3.05, 3.63) is 88.3 Å². The Kier molecular flexibility index (Phi) is 6.68. The Hall–Kier alpha value is -2.57. The van der Waals surface area contributed by atoms with Gasteiger partial charge in [0.1, 0.15) is 12.4 Å². The van der Waals surface area contributed by atoms with E-state index in [1.165, 1.54) is 0 Å². The first-order valence-corrected chi connectivity index (χ1v) is 9.36. The van der Waals surface area contributed by atoms with Crippen LogP contribution in [-0.2, 0) is 24.5 Å². The van der Waals surface area contributed by atoms with Crippen LogP contribution in [0.15, 0.2) is 75.8 Å². The number of anilines is 1. The predicted octanol–water partition coefficient (Wildman–Crippen LogP) is 5.42. The first-order chi connectivity index (χ1) is 13.1. The molecule has 0 spiro atoms. The second-order valence-corrected chi connectivity index (χ2v) is 7.00. The van der Waals surface area contributed by atoms with E-state index in [1.807, 2.05) is 60.7 Å². The number of rotatable bonds is 7. The maximum Gasteiger partial charge on any atom is 0.321 e. The second-order valence-electron chi connectivity index (χ2n) is 6.15. The van der Waals surface area contributed by atoms with Crippen LogP contribution in [0.3, 0.4) is 0 Å². The minimum absolute atomic E-state index is 0.167. The van der Waals surface area contributed by atoms with Gasteiger partial charge in [0.05, 0.1) is 12.9 Å². The Morgan fingerprint density at radius 1 is 1.11 bits per heavy atom. The van der Waals surface area contributed by atoms with Crippen LogP contribution >= 0.6 is 15.9 Å². The highest BCUT2D eigenvalue weighted by Gasteiger charge is 2.11. The number of benzene rings is 2. The lowest BCUT2D eigenvalue weighted by Gasteiger charge is -2.19. The summed E-state index contributed by atoms with van der Waals surface area (Å²) in [6.45, 7) is 1.37. The molecule has 0 atom stereocenters. The molecule has 0 unspecified atom stereocenters. The molecule has 3 aromatic rings. The zero-order valence-electron chi connectivity index (χ0n) is 15.0. The minimum Gasteiger partial charge on any atom is -0.467 e. The number of nitrogens with one attached hydrogen (secondary N) is 1. The molecule has 1 heterocycles. The highest BCUT2D eigenvalue weighted by Crippen LogP contribution is 2.18. The van der Waals surface area contributed by atoms with Gasteiger partial charge in [-0.15, -0.1) is 0 Å². The van der Waals surface area contributed by atoms with Crippen molar-refractivity contribution in [3.8, 4) is 0 Å².